The van der Waals surface area contributed by atoms with Crippen LogP contribution in [-0.4, -0.2) is 17.9 Å². The van der Waals surface area contributed by atoms with Crippen LogP contribution in [0.3, 0.4) is 0 Å². The Hall–Kier alpha value is -2.49. The van der Waals surface area contributed by atoms with Crippen LogP contribution in [0.4, 0.5) is 0 Å². The third-order valence-electron chi connectivity index (χ3n) is 2.78. The number of ether oxygens (including phenoxy) is 2. The standard InChI is InChI=1S/C16H16O4/c17-15-9-5-4-6-13(15)10-11-16(18)20-12-19-14-7-2-1-3-8-14/h1-9,17H,10-12H2. The molecule has 0 saturated heterocycles. The van der Waals surface area contributed by atoms with Gasteiger partial charge in [-0.2, -0.15) is 0 Å². The molecule has 0 amide bonds. The second-order valence-corrected chi connectivity index (χ2v) is 4.22. The van der Waals surface area contributed by atoms with E-state index in [0.29, 0.717) is 12.2 Å². The number of esters is 1. The molecule has 0 heterocycles. The fourth-order valence-electron chi connectivity index (χ4n) is 1.71. The van der Waals surface area contributed by atoms with E-state index in [9.17, 15) is 9.90 Å². The van der Waals surface area contributed by atoms with E-state index in [0.717, 1.165) is 5.56 Å². The van der Waals surface area contributed by atoms with Crippen LogP contribution in [0, 0.1) is 0 Å². The number of aryl methyl sites for hydroxylation is 1. The maximum Gasteiger partial charge on any atom is 0.308 e. The van der Waals surface area contributed by atoms with E-state index in [-0.39, 0.29) is 24.9 Å². The van der Waals surface area contributed by atoms with Gasteiger partial charge in [0.2, 0.25) is 6.79 Å². The second-order valence-electron chi connectivity index (χ2n) is 4.22. The Morgan fingerprint density at radius 2 is 1.70 bits per heavy atom. The van der Waals surface area contributed by atoms with Crippen LogP contribution in [0.25, 0.3) is 0 Å². The van der Waals surface area contributed by atoms with Gasteiger partial charge in [0.05, 0.1) is 0 Å². The Bertz CT molecular complexity index is 551. The van der Waals surface area contributed by atoms with Crippen molar-refractivity contribution in [2.75, 3.05) is 6.79 Å². The van der Waals surface area contributed by atoms with E-state index < -0.39 is 0 Å². The molecule has 0 saturated carbocycles. The Morgan fingerprint density at radius 1 is 1.00 bits per heavy atom. The number of hydrogen-bond donors (Lipinski definition) is 1. The normalized spacial score (nSPS) is 10.0. The average Bonchev–Trinajstić information content (AvgIpc) is 2.47. The summed E-state index contributed by atoms with van der Waals surface area (Å²) in [4.78, 5) is 11.5. The molecule has 4 nitrogen and oxygen atoms in total. The topological polar surface area (TPSA) is 55.8 Å². The summed E-state index contributed by atoms with van der Waals surface area (Å²) >= 11 is 0. The van der Waals surface area contributed by atoms with E-state index in [1.165, 1.54) is 0 Å². The van der Waals surface area contributed by atoms with Crippen LogP contribution in [0.15, 0.2) is 54.6 Å². The number of carbonyl (C=O) groups is 1. The summed E-state index contributed by atoms with van der Waals surface area (Å²) in [5.41, 5.74) is 0.730. The molecule has 0 fully saturated rings. The van der Waals surface area contributed by atoms with Gasteiger partial charge in [-0.1, -0.05) is 36.4 Å². The van der Waals surface area contributed by atoms with Crippen LogP contribution in [0.1, 0.15) is 12.0 Å². The molecule has 0 unspecified atom stereocenters. The molecule has 0 aliphatic rings. The van der Waals surface area contributed by atoms with Gasteiger partial charge < -0.3 is 14.6 Å². The first-order valence-corrected chi connectivity index (χ1v) is 6.36. The Labute approximate surface area is 117 Å². The lowest BCUT2D eigenvalue weighted by Crippen LogP contribution is -2.11. The molecule has 2 rings (SSSR count). The Balaban J connectivity index is 1.70. The minimum atomic E-state index is -0.357. The Kier molecular flexibility index (Phi) is 5.00. The van der Waals surface area contributed by atoms with Crippen molar-refractivity contribution in [2.45, 2.75) is 12.8 Å². The van der Waals surface area contributed by atoms with Crippen molar-refractivity contribution in [1.29, 1.82) is 0 Å². The lowest BCUT2D eigenvalue weighted by molar-refractivity contribution is -0.150. The van der Waals surface area contributed by atoms with Crippen LogP contribution in [-0.2, 0) is 16.0 Å². The monoisotopic (exact) mass is 272 g/mol. The lowest BCUT2D eigenvalue weighted by atomic mass is 10.1. The molecular formula is C16H16O4. The molecule has 2 aromatic rings. The van der Waals surface area contributed by atoms with Gasteiger partial charge in [-0.05, 0) is 30.2 Å². The van der Waals surface area contributed by atoms with Gasteiger partial charge >= 0.3 is 5.97 Å². The average molecular weight is 272 g/mol. The van der Waals surface area contributed by atoms with Crippen molar-refractivity contribution in [3.05, 3.63) is 60.2 Å². The highest BCUT2D eigenvalue weighted by molar-refractivity contribution is 5.69. The molecule has 0 aliphatic carbocycles. The number of benzene rings is 2. The van der Waals surface area contributed by atoms with Crippen LogP contribution >= 0.6 is 0 Å². The van der Waals surface area contributed by atoms with Gasteiger partial charge in [0.25, 0.3) is 0 Å². The fraction of sp³-hybridized carbons (Fsp3) is 0.188. The highest BCUT2D eigenvalue weighted by atomic mass is 16.7. The van der Waals surface area contributed by atoms with Crippen molar-refractivity contribution < 1.29 is 19.4 Å². The maximum atomic E-state index is 11.5. The lowest BCUT2D eigenvalue weighted by Gasteiger charge is -2.07. The molecule has 2 aromatic carbocycles. The third-order valence-corrected chi connectivity index (χ3v) is 2.78. The largest absolute Gasteiger partial charge is 0.508 e. The molecule has 0 atom stereocenters. The van der Waals surface area contributed by atoms with Crippen molar-refractivity contribution >= 4 is 5.97 Å². The van der Waals surface area contributed by atoms with Crippen molar-refractivity contribution in [3.8, 4) is 11.5 Å². The molecule has 0 radical (unpaired) electrons. The van der Waals surface area contributed by atoms with E-state index in [1.807, 2.05) is 24.3 Å². The minimum Gasteiger partial charge on any atom is -0.508 e. The van der Waals surface area contributed by atoms with E-state index in [2.05, 4.69) is 0 Å². The summed E-state index contributed by atoms with van der Waals surface area (Å²) in [6.45, 7) is -0.108. The number of carbonyl (C=O) groups excluding carboxylic acids is 1. The quantitative estimate of drug-likeness (QED) is 0.649. The van der Waals surface area contributed by atoms with Crippen molar-refractivity contribution in [2.24, 2.45) is 0 Å². The zero-order valence-corrected chi connectivity index (χ0v) is 11.0. The SMILES string of the molecule is O=C(CCc1ccccc1O)OCOc1ccccc1. The van der Waals surface area contributed by atoms with Gasteiger partial charge in [0, 0.05) is 6.42 Å². The van der Waals surface area contributed by atoms with Crippen molar-refractivity contribution in [3.63, 3.8) is 0 Å². The molecule has 0 aliphatic heterocycles. The first-order valence-electron chi connectivity index (χ1n) is 6.36. The Morgan fingerprint density at radius 3 is 2.45 bits per heavy atom. The van der Waals surface area contributed by atoms with Crippen LogP contribution < -0.4 is 4.74 Å². The molecule has 0 bridgehead atoms. The van der Waals surface area contributed by atoms with Gasteiger partial charge in [-0.25, -0.2) is 0 Å². The molecule has 4 heteroatoms. The zero-order chi connectivity index (χ0) is 14.2. The number of phenolic OH excluding ortho intramolecular Hbond substituents is 1. The highest BCUT2D eigenvalue weighted by Crippen LogP contribution is 2.17. The molecule has 104 valence electrons. The first kappa shape index (κ1) is 13.9. The van der Waals surface area contributed by atoms with Gasteiger partial charge in [-0.3, -0.25) is 4.79 Å². The number of para-hydroxylation sites is 2. The second kappa shape index (κ2) is 7.19. The molecular weight excluding hydrogens is 256 g/mol. The predicted molar refractivity (Wildman–Crippen MR) is 74.5 cm³/mol. The first-order chi connectivity index (χ1) is 9.75. The summed E-state index contributed by atoms with van der Waals surface area (Å²) in [6, 6.07) is 16.1. The summed E-state index contributed by atoms with van der Waals surface area (Å²) in [5.74, 6) is 0.492. The molecule has 0 spiro atoms. The fourth-order valence-corrected chi connectivity index (χ4v) is 1.71. The maximum absolute atomic E-state index is 11.5. The third kappa shape index (κ3) is 4.31. The minimum absolute atomic E-state index is 0.108. The predicted octanol–water partition coefficient (Wildman–Crippen LogP) is 2.90. The van der Waals surface area contributed by atoms with Crippen LogP contribution in [0.5, 0.6) is 11.5 Å². The van der Waals surface area contributed by atoms with E-state index in [1.54, 1.807) is 30.3 Å². The smallest absolute Gasteiger partial charge is 0.308 e. The number of aromatic hydroxyl groups is 1. The molecule has 1 N–H and O–H groups in total. The van der Waals surface area contributed by atoms with Crippen LogP contribution in [0.2, 0.25) is 0 Å². The summed E-state index contributed by atoms with van der Waals surface area (Å²) < 4.78 is 10.2. The summed E-state index contributed by atoms with van der Waals surface area (Å²) in [5, 5.41) is 9.57. The van der Waals surface area contributed by atoms with E-state index >= 15 is 0 Å². The summed E-state index contributed by atoms with van der Waals surface area (Å²) in [7, 11) is 0. The molecule has 20 heavy (non-hydrogen) atoms. The number of rotatable bonds is 6. The zero-order valence-electron chi connectivity index (χ0n) is 11.0. The summed E-state index contributed by atoms with van der Waals surface area (Å²) in [6.07, 6.45) is 0.645. The van der Waals surface area contributed by atoms with Gasteiger partial charge in [0.1, 0.15) is 11.5 Å². The van der Waals surface area contributed by atoms with Crippen molar-refractivity contribution in [1.82, 2.24) is 0 Å². The number of phenols is 1. The molecule has 0 aromatic heterocycles. The van der Waals surface area contributed by atoms with Gasteiger partial charge in [-0.15, -0.1) is 0 Å². The van der Waals surface area contributed by atoms with E-state index in [4.69, 9.17) is 9.47 Å². The van der Waals surface area contributed by atoms with Gasteiger partial charge in [0.15, 0.2) is 0 Å². The number of hydrogen-bond acceptors (Lipinski definition) is 4. The highest BCUT2D eigenvalue weighted by Gasteiger charge is 2.06.